The summed E-state index contributed by atoms with van der Waals surface area (Å²) in [6, 6.07) is 11.4. The molecule has 4 N–H and O–H groups in total. The van der Waals surface area contributed by atoms with Crippen molar-refractivity contribution in [3.8, 4) is 5.75 Å². The molecule has 222 valence electrons. The number of hydrogen-bond donors (Lipinski definition) is 3. The van der Waals surface area contributed by atoms with Crippen LogP contribution in [0.2, 0.25) is 0 Å². The average molecular weight is 674 g/mol. The number of esters is 1. The molecule has 1 aromatic heterocycles. The fraction of sp³-hybridized carbons (Fsp3) is 0.423. The fourth-order valence-corrected chi connectivity index (χ4v) is 6.39. The minimum Gasteiger partial charge on any atom is -0.462 e. The van der Waals surface area contributed by atoms with E-state index >= 15 is 0 Å². The van der Waals surface area contributed by atoms with E-state index in [1.807, 2.05) is 18.2 Å². The largest absolute Gasteiger partial charge is 0.462 e. The highest BCUT2D eigenvalue weighted by Crippen LogP contribution is 2.49. The van der Waals surface area contributed by atoms with Crippen LogP contribution >= 0.6 is 35.3 Å². The number of nitrogens with two attached hydrogens (primary N) is 1. The minimum absolute atomic E-state index is 0.0244. The van der Waals surface area contributed by atoms with Gasteiger partial charge in [0.25, 0.3) is 0 Å². The van der Waals surface area contributed by atoms with Gasteiger partial charge in [0.1, 0.15) is 34.7 Å². The third-order valence-corrected chi connectivity index (χ3v) is 8.99. The van der Waals surface area contributed by atoms with Gasteiger partial charge in [0, 0.05) is 11.6 Å². The second kappa shape index (κ2) is 12.4. The number of fused-ring (bicyclic) bond motifs is 1. The number of nitrogens with one attached hydrogen (secondary N) is 1. The van der Waals surface area contributed by atoms with Crippen LogP contribution in [0.15, 0.2) is 57.9 Å². The second-order valence-corrected chi connectivity index (χ2v) is 13.3. The lowest BCUT2D eigenvalue weighted by molar-refractivity contribution is -0.149. The maximum atomic E-state index is 14.1. The van der Waals surface area contributed by atoms with Gasteiger partial charge in [-0.3, -0.25) is 13.9 Å². The normalized spacial score (nSPS) is 24.7. The van der Waals surface area contributed by atoms with Crippen molar-refractivity contribution in [1.29, 1.82) is 0 Å². The van der Waals surface area contributed by atoms with E-state index in [-0.39, 0.29) is 11.6 Å². The summed E-state index contributed by atoms with van der Waals surface area (Å²) in [5, 5.41) is 15.1. The SMILES string of the molecule is CC(C)OC(=O)[C@@H](C)N[P@@](=O)(OC[C@H]1O[C@@H](n2cc(Br)c(N)nc2=O)[C@](C)(Cl)[C@@H]1O)Oc1cccc2ccccc12. The Morgan fingerprint density at radius 1 is 1.29 bits per heavy atom. The topological polar surface area (TPSA) is 164 Å². The van der Waals surface area contributed by atoms with Crippen LogP contribution in [0.3, 0.4) is 0 Å². The molecule has 0 amide bonds. The molecule has 0 unspecified atom stereocenters. The van der Waals surface area contributed by atoms with Gasteiger partial charge >= 0.3 is 19.4 Å². The summed E-state index contributed by atoms with van der Waals surface area (Å²) in [5.41, 5.74) is 4.94. The molecule has 0 radical (unpaired) electrons. The van der Waals surface area contributed by atoms with Gasteiger partial charge in [-0.25, -0.2) is 9.36 Å². The van der Waals surface area contributed by atoms with Gasteiger partial charge in [-0.2, -0.15) is 10.1 Å². The predicted molar refractivity (Wildman–Crippen MR) is 157 cm³/mol. The van der Waals surface area contributed by atoms with Gasteiger partial charge in [-0.1, -0.05) is 36.4 Å². The van der Waals surface area contributed by atoms with Crippen LogP contribution in [0, 0.1) is 0 Å². The second-order valence-electron chi connectivity index (χ2n) is 9.99. The van der Waals surface area contributed by atoms with Crippen molar-refractivity contribution >= 4 is 57.8 Å². The number of rotatable bonds is 10. The van der Waals surface area contributed by atoms with Crippen LogP contribution in [0.4, 0.5) is 5.82 Å². The van der Waals surface area contributed by atoms with Gasteiger partial charge in [-0.05, 0) is 55.1 Å². The first-order valence-electron chi connectivity index (χ1n) is 12.7. The molecule has 2 heterocycles. The summed E-state index contributed by atoms with van der Waals surface area (Å²) in [6.45, 7) is 5.82. The lowest BCUT2D eigenvalue weighted by atomic mass is 10.0. The maximum absolute atomic E-state index is 14.1. The first-order chi connectivity index (χ1) is 19.2. The number of carbonyl (C=O) groups is 1. The molecule has 1 fully saturated rings. The van der Waals surface area contributed by atoms with Crippen molar-refractivity contribution in [3.05, 3.63) is 63.6 Å². The van der Waals surface area contributed by atoms with Crippen LogP contribution in [0.5, 0.6) is 5.75 Å². The quantitative estimate of drug-likeness (QED) is 0.161. The van der Waals surface area contributed by atoms with Crippen LogP contribution in [-0.4, -0.2) is 56.5 Å². The van der Waals surface area contributed by atoms with Gasteiger partial charge in [0.05, 0.1) is 17.2 Å². The highest BCUT2D eigenvalue weighted by molar-refractivity contribution is 9.10. The van der Waals surface area contributed by atoms with E-state index < -0.39 is 61.5 Å². The van der Waals surface area contributed by atoms with Crippen molar-refractivity contribution in [3.63, 3.8) is 0 Å². The van der Waals surface area contributed by atoms with E-state index in [9.17, 15) is 19.3 Å². The molecule has 2 aromatic carbocycles. The minimum atomic E-state index is -4.33. The van der Waals surface area contributed by atoms with Crippen LogP contribution < -0.4 is 21.0 Å². The number of aliphatic hydroxyl groups excluding tert-OH is 1. The number of ether oxygens (including phenoxy) is 2. The molecule has 1 saturated heterocycles. The van der Waals surface area contributed by atoms with Crippen molar-refractivity contribution in [2.24, 2.45) is 0 Å². The summed E-state index contributed by atoms with van der Waals surface area (Å²) in [5.74, 6) is -0.457. The fourth-order valence-electron chi connectivity index (χ4n) is 4.27. The Morgan fingerprint density at radius 2 is 1.98 bits per heavy atom. The first kappa shape index (κ1) is 31.4. The Morgan fingerprint density at radius 3 is 2.68 bits per heavy atom. The smallest absolute Gasteiger partial charge is 0.459 e. The van der Waals surface area contributed by atoms with Crippen molar-refractivity contribution in [1.82, 2.24) is 14.6 Å². The zero-order valence-electron chi connectivity index (χ0n) is 22.7. The number of aliphatic hydroxyl groups is 1. The lowest BCUT2D eigenvalue weighted by Crippen LogP contribution is -2.42. The average Bonchev–Trinajstić information content (AvgIpc) is 3.13. The summed E-state index contributed by atoms with van der Waals surface area (Å²) in [4.78, 5) is 27.3. The van der Waals surface area contributed by atoms with Crippen LogP contribution in [-0.2, 0) is 23.4 Å². The molecule has 4 rings (SSSR count). The standard InChI is InChI=1S/C26H31BrClN4O8P/c1-14(2)38-23(34)15(3)31-41(36,40-19-11-7-9-16-8-5-6-10-17(16)19)37-13-20-21(33)26(4,28)24(39-20)32-12-18(27)22(29)30-25(32)35/h5-12,14-15,20-21,24,33H,13H2,1-4H3,(H,31,36)(H2,29,30,35)/t15-,20-,21-,24-,26-,41-/m1/s1. The number of nitrogens with zero attached hydrogens (tertiary/aromatic N) is 2. The zero-order chi connectivity index (χ0) is 30.1. The number of anilines is 1. The van der Waals surface area contributed by atoms with Gasteiger partial charge < -0.3 is 24.8 Å². The molecule has 0 aliphatic carbocycles. The van der Waals surface area contributed by atoms with E-state index in [4.69, 9.17) is 35.9 Å². The number of nitrogen functional groups attached to an aromatic ring is 1. The molecule has 3 aromatic rings. The van der Waals surface area contributed by atoms with Crippen molar-refractivity contribution in [2.45, 2.75) is 63.2 Å². The monoisotopic (exact) mass is 672 g/mol. The highest BCUT2D eigenvalue weighted by Gasteiger charge is 2.54. The molecular weight excluding hydrogens is 643 g/mol. The van der Waals surface area contributed by atoms with E-state index in [0.717, 1.165) is 9.95 Å². The van der Waals surface area contributed by atoms with Gasteiger partial charge in [0.2, 0.25) is 0 Å². The molecule has 0 spiro atoms. The number of halogens is 2. The van der Waals surface area contributed by atoms with Crippen molar-refractivity contribution < 1.29 is 33.0 Å². The number of hydrogen-bond acceptors (Lipinski definition) is 10. The Bertz CT molecular complexity index is 1530. The molecule has 0 saturated carbocycles. The Hall–Kier alpha value is -2.51. The summed E-state index contributed by atoms with van der Waals surface area (Å²) < 4.78 is 38.3. The van der Waals surface area contributed by atoms with E-state index in [1.165, 1.54) is 20.0 Å². The highest BCUT2D eigenvalue weighted by atomic mass is 79.9. The first-order valence-corrected chi connectivity index (χ1v) is 15.4. The Labute approximate surface area is 249 Å². The lowest BCUT2D eigenvalue weighted by Gasteiger charge is -2.27. The molecule has 1 aliphatic rings. The third-order valence-electron chi connectivity index (χ3n) is 6.34. The summed E-state index contributed by atoms with van der Waals surface area (Å²) >= 11 is 9.87. The summed E-state index contributed by atoms with van der Waals surface area (Å²) in [7, 11) is -4.33. The number of alkyl halides is 1. The molecule has 0 bridgehead atoms. The summed E-state index contributed by atoms with van der Waals surface area (Å²) in [6.07, 6.45) is -2.78. The number of carbonyl (C=O) groups excluding carboxylic acids is 1. The van der Waals surface area contributed by atoms with E-state index in [1.54, 1.807) is 38.1 Å². The van der Waals surface area contributed by atoms with Crippen molar-refractivity contribution in [2.75, 3.05) is 12.3 Å². The van der Waals surface area contributed by atoms with E-state index in [2.05, 4.69) is 26.0 Å². The zero-order valence-corrected chi connectivity index (χ0v) is 25.9. The number of benzene rings is 2. The predicted octanol–water partition coefficient (Wildman–Crippen LogP) is 4.13. The molecule has 12 nitrogen and oxygen atoms in total. The molecule has 1 aliphatic heterocycles. The maximum Gasteiger partial charge on any atom is 0.459 e. The van der Waals surface area contributed by atoms with Crippen LogP contribution in [0.25, 0.3) is 10.8 Å². The van der Waals surface area contributed by atoms with Gasteiger partial charge in [-0.15, -0.1) is 11.6 Å². The third kappa shape index (κ3) is 6.94. The number of aromatic nitrogens is 2. The Kier molecular flexibility index (Phi) is 9.49. The van der Waals surface area contributed by atoms with Crippen LogP contribution in [0.1, 0.15) is 33.9 Å². The van der Waals surface area contributed by atoms with Gasteiger partial charge in [0.15, 0.2) is 6.23 Å². The Balaban J connectivity index is 1.60. The molecule has 41 heavy (non-hydrogen) atoms. The molecular formula is C26H31BrClN4O8P. The molecule has 15 heteroatoms. The molecule has 6 atom stereocenters. The van der Waals surface area contributed by atoms with E-state index in [0.29, 0.717) is 9.86 Å².